The SMILES string of the molecule is CCOc1ccccc1-c1cc(C(=O)NC(=N)N)c2ccccc2n1. The highest BCUT2D eigenvalue weighted by Crippen LogP contribution is 2.31. The summed E-state index contributed by atoms with van der Waals surface area (Å²) in [6.45, 7) is 2.44. The van der Waals surface area contributed by atoms with Crippen LogP contribution in [0.4, 0.5) is 0 Å². The number of fused-ring (bicyclic) bond motifs is 1. The fourth-order valence-electron chi connectivity index (χ4n) is 2.65. The molecule has 25 heavy (non-hydrogen) atoms. The number of carbonyl (C=O) groups excluding carboxylic acids is 1. The number of nitrogens with one attached hydrogen (secondary N) is 2. The quantitative estimate of drug-likeness (QED) is 0.504. The third kappa shape index (κ3) is 3.42. The van der Waals surface area contributed by atoms with Gasteiger partial charge >= 0.3 is 0 Å². The van der Waals surface area contributed by atoms with Gasteiger partial charge in [0.05, 0.1) is 23.4 Å². The zero-order chi connectivity index (χ0) is 17.8. The molecule has 0 radical (unpaired) electrons. The van der Waals surface area contributed by atoms with Crippen LogP contribution in [0.3, 0.4) is 0 Å². The van der Waals surface area contributed by atoms with E-state index in [2.05, 4.69) is 10.3 Å². The number of para-hydroxylation sites is 2. The first kappa shape index (κ1) is 16.4. The number of carbonyl (C=O) groups is 1. The Labute approximate surface area is 145 Å². The molecule has 0 aliphatic carbocycles. The first-order valence-electron chi connectivity index (χ1n) is 7.87. The third-order valence-electron chi connectivity index (χ3n) is 3.67. The van der Waals surface area contributed by atoms with Crippen LogP contribution >= 0.6 is 0 Å². The number of hydrogen-bond acceptors (Lipinski definition) is 4. The van der Waals surface area contributed by atoms with Crippen molar-refractivity contribution in [2.75, 3.05) is 6.61 Å². The van der Waals surface area contributed by atoms with Crippen LogP contribution in [0.15, 0.2) is 54.6 Å². The molecule has 0 atom stereocenters. The lowest BCUT2D eigenvalue weighted by molar-refractivity contribution is 0.0978. The summed E-state index contributed by atoms with van der Waals surface area (Å²) in [5.41, 5.74) is 7.81. The van der Waals surface area contributed by atoms with Gasteiger partial charge in [-0.1, -0.05) is 30.3 Å². The number of ether oxygens (including phenoxy) is 1. The molecule has 3 rings (SSSR count). The van der Waals surface area contributed by atoms with Gasteiger partial charge in [-0.15, -0.1) is 0 Å². The Kier molecular flexibility index (Phi) is 4.61. The van der Waals surface area contributed by atoms with Gasteiger partial charge in [0, 0.05) is 10.9 Å². The maximum Gasteiger partial charge on any atom is 0.258 e. The molecule has 0 fully saturated rings. The van der Waals surface area contributed by atoms with E-state index in [1.54, 1.807) is 6.07 Å². The second kappa shape index (κ2) is 7.00. The highest BCUT2D eigenvalue weighted by atomic mass is 16.5. The molecule has 0 spiro atoms. The van der Waals surface area contributed by atoms with Gasteiger partial charge in [-0.3, -0.25) is 15.5 Å². The molecule has 6 nitrogen and oxygen atoms in total. The monoisotopic (exact) mass is 334 g/mol. The lowest BCUT2D eigenvalue weighted by atomic mass is 10.0. The lowest BCUT2D eigenvalue weighted by Crippen LogP contribution is -2.35. The van der Waals surface area contributed by atoms with Crippen LogP contribution < -0.4 is 15.8 Å². The Morgan fingerprint density at radius 2 is 1.92 bits per heavy atom. The first-order valence-corrected chi connectivity index (χ1v) is 7.87. The molecule has 3 aromatic rings. The highest BCUT2D eigenvalue weighted by Gasteiger charge is 2.16. The largest absolute Gasteiger partial charge is 0.493 e. The Morgan fingerprint density at radius 1 is 1.20 bits per heavy atom. The Morgan fingerprint density at radius 3 is 2.68 bits per heavy atom. The van der Waals surface area contributed by atoms with Gasteiger partial charge in [0.25, 0.3) is 5.91 Å². The van der Waals surface area contributed by atoms with Gasteiger partial charge in [-0.2, -0.15) is 0 Å². The van der Waals surface area contributed by atoms with E-state index in [1.807, 2.05) is 55.5 Å². The van der Waals surface area contributed by atoms with Gasteiger partial charge in [-0.25, -0.2) is 4.98 Å². The average Bonchev–Trinajstić information content (AvgIpc) is 2.61. The number of pyridine rings is 1. The van der Waals surface area contributed by atoms with E-state index in [1.165, 1.54) is 0 Å². The van der Waals surface area contributed by atoms with E-state index < -0.39 is 11.9 Å². The smallest absolute Gasteiger partial charge is 0.258 e. The molecule has 1 heterocycles. The molecular formula is C19H18N4O2. The number of amides is 1. The van der Waals surface area contributed by atoms with Crippen LogP contribution in [0, 0.1) is 5.41 Å². The molecule has 0 bridgehead atoms. The third-order valence-corrected chi connectivity index (χ3v) is 3.67. The zero-order valence-corrected chi connectivity index (χ0v) is 13.7. The normalized spacial score (nSPS) is 10.4. The van der Waals surface area contributed by atoms with Crippen molar-refractivity contribution in [3.8, 4) is 17.0 Å². The van der Waals surface area contributed by atoms with Crippen molar-refractivity contribution in [2.45, 2.75) is 6.92 Å². The fraction of sp³-hybridized carbons (Fsp3) is 0.105. The minimum absolute atomic E-state index is 0.401. The van der Waals surface area contributed by atoms with Crippen molar-refractivity contribution in [1.29, 1.82) is 5.41 Å². The van der Waals surface area contributed by atoms with E-state index in [4.69, 9.17) is 15.9 Å². The van der Waals surface area contributed by atoms with Crippen molar-refractivity contribution in [2.24, 2.45) is 5.73 Å². The summed E-state index contributed by atoms with van der Waals surface area (Å²) in [5.74, 6) is -0.144. The molecule has 4 N–H and O–H groups in total. The molecule has 0 aliphatic rings. The number of benzene rings is 2. The lowest BCUT2D eigenvalue weighted by Gasteiger charge is -2.13. The number of rotatable bonds is 4. The van der Waals surface area contributed by atoms with Crippen LogP contribution in [-0.2, 0) is 0 Å². The van der Waals surface area contributed by atoms with Crippen molar-refractivity contribution >= 4 is 22.8 Å². The molecular weight excluding hydrogens is 316 g/mol. The van der Waals surface area contributed by atoms with E-state index in [9.17, 15) is 4.79 Å². The van der Waals surface area contributed by atoms with Gasteiger partial charge in [0.1, 0.15) is 5.75 Å². The van der Waals surface area contributed by atoms with E-state index in [-0.39, 0.29) is 0 Å². The summed E-state index contributed by atoms with van der Waals surface area (Å²) in [5, 5.41) is 10.3. The predicted molar refractivity (Wildman–Crippen MR) is 97.7 cm³/mol. The van der Waals surface area contributed by atoms with Crippen LogP contribution in [0.25, 0.3) is 22.2 Å². The van der Waals surface area contributed by atoms with E-state index in [0.29, 0.717) is 34.5 Å². The predicted octanol–water partition coefficient (Wildman–Crippen LogP) is 2.92. The minimum atomic E-state index is -0.443. The molecule has 6 heteroatoms. The Hall–Kier alpha value is -3.41. The second-order valence-electron chi connectivity index (χ2n) is 5.37. The second-order valence-corrected chi connectivity index (χ2v) is 5.37. The standard InChI is InChI=1S/C19H18N4O2/c1-2-25-17-10-6-4-8-13(17)16-11-14(18(24)23-19(20)21)12-7-3-5-9-15(12)22-16/h3-11H,2H2,1H3,(H4,20,21,23,24). The summed E-state index contributed by atoms with van der Waals surface area (Å²) in [6.07, 6.45) is 0. The van der Waals surface area contributed by atoms with Gasteiger partial charge in [0.15, 0.2) is 5.96 Å². The molecule has 2 aromatic carbocycles. The zero-order valence-electron chi connectivity index (χ0n) is 13.7. The summed E-state index contributed by atoms with van der Waals surface area (Å²) in [7, 11) is 0. The van der Waals surface area contributed by atoms with Gasteiger partial charge in [-0.05, 0) is 31.2 Å². The number of aromatic nitrogens is 1. The summed E-state index contributed by atoms with van der Waals surface area (Å²) in [6, 6.07) is 16.6. The number of hydrogen-bond donors (Lipinski definition) is 3. The van der Waals surface area contributed by atoms with Crippen LogP contribution in [0.1, 0.15) is 17.3 Å². The topological polar surface area (TPSA) is 101 Å². The van der Waals surface area contributed by atoms with Crippen molar-refractivity contribution in [3.63, 3.8) is 0 Å². The van der Waals surface area contributed by atoms with Gasteiger partial charge in [0.2, 0.25) is 0 Å². The molecule has 0 unspecified atom stereocenters. The van der Waals surface area contributed by atoms with E-state index >= 15 is 0 Å². The number of guanidine groups is 1. The van der Waals surface area contributed by atoms with Gasteiger partial charge < -0.3 is 10.5 Å². The van der Waals surface area contributed by atoms with Crippen molar-refractivity contribution in [1.82, 2.24) is 10.3 Å². The maximum atomic E-state index is 12.5. The molecule has 0 saturated heterocycles. The van der Waals surface area contributed by atoms with Crippen molar-refractivity contribution < 1.29 is 9.53 Å². The average molecular weight is 334 g/mol. The van der Waals surface area contributed by atoms with E-state index in [0.717, 1.165) is 5.56 Å². The Bertz CT molecular complexity index is 953. The minimum Gasteiger partial charge on any atom is -0.493 e. The molecule has 1 amide bonds. The fourth-order valence-corrected chi connectivity index (χ4v) is 2.65. The maximum absolute atomic E-state index is 12.5. The summed E-state index contributed by atoms with van der Waals surface area (Å²) in [4.78, 5) is 17.1. The molecule has 126 valence electrons. The summed E-state index contributed by atoms with van der Waals surface area (Å²) < 4.78 is 5.67. The summed E-state index contributed by atoms with van der Waals surface area (Å²) >= 11 is 0. The highest BCUT2D eigenvalue weighted by molar-refractivity contribution is 6.12. The molecule has 0 saturated carbocycles. The number of nitrogens with two attached hydrogens (primary N) is 1. The van der Waals surface area contributed by atoms with Crippen LogP contribution in [0.2, 0.25) is 0 Å². The Balaban J connectivity index is 2.21. The number of nitrogens with zero attached hydrogens (tertiary/aromatic N) is 1. The van der Waals surface area contributed by atoms with Crippen molar-refractivity contribution in [3.05, 3.63) is 60.2 Å². The molecule has 0 aliphatic heterocycles. The van der Waals surface area contributed by atoms with Crippen LogP contribution in [-0.4, -0.2) is 23.5 Å². The molecule has 1 aromatic heterocycles. The first-order chi connectivity index (χ1) is 12.1. The van der Waals surface area contributed by atoms with Crippen LogP contribution in [0.5, 0.6) is 5.75 Å².